The maximum absolute atomic E-state index is 12.5. The van der Waals surface area contributed by atoms with E-state index in [0.29, 0.717) is 23.4 Å². The van der Waals surface area contributed by atoms with Gasteiger partial charge in [-0.3, -0.25) is 15.0 Å². The van der Waals surface area contributed by atoms with Crippen LogP contribution in [0.25, 0.3) is 11.3 Å². The Bertz CT molecular complexity index is 1230. The van der Waals surface area contributed by atoms with Gasteiger partial charge in [0.05, 0.1) is 12.2 Å². The molecule has 8 heteroatoms. The highest BCUT2D eigenvalue weighted by Crippen LogP contribution is 2.17. The van der Waals surface area contributed by atoms with Crippen molar-refractivity contribution in [3.8, 4) is 11.3 Å². The van der Waals surface area contributed by atoms with Crippen molar-refractivity contribution in [3.63, 3.8) is 0 Å². The molecule has 4 N–H and O–H groups in total. The number of nitrogens with zero attached hydrogens (tertiary/aromatic N) is 3. The largest absolute Gasteiger partial charge is 0.384 e. The molecule has 0 bridgehead atoms. The molecule has 2 aromatic carbocycles. The molecule has 1 aliphatic rings. The van der Waals surface area contributed by atoms with Gasteiger partial charge in [0.15, 0.2) is 0 Å². The minimum Gasteiger partial charge on any atom is -0.384 e. The van der Waals surface area contributed by atoms with Crippen molar-refractivity contribution >= 4 is 11.7 Å². The van der Waals surface area contributed by atoms with Gasteiger partial charge in [-0.2, -0.15) is 5.10 Å². The van der Waals surface area contributed by atoms with Crippen LogP contribution in [0.3, 0.4) is 0 Å². The van der Waals surface area contributed by atoms with Crippen LogP contribution < -0.4 is 16.6 Å². The number of hydrogen-bond acceptors (Lipinski definition) is 5. The lowest BCUT2D eigenvalue weighted by Gasteiger charge is -2.26. The Kier molecular flexibility index (Phi) is 8.05. The molecule has 0 unspecified atom stereocenters. The molecule has 8 nitrogen and oxygen atoms in total. The average molecular weight is 473 g/mol. The second kappa shape index (κ2) is 11.6. The number of aromatic nitrogens is 2. The van der Waals surface area contributed by atoms with Crippen molar-refractivity contribution in [2.45, 2.75) is 32.2 Å². The van der Waals surface area contributed by atoms with E-state index in [1.54, 1.807) is 36.4 Å². The Hall–Kier alpha value is -3.78. The van der Waals surface area contributed by atoms with Crippen molar-refractivity contribution in [3.05, 3.63) is 87.7 Å². The minimum absolute atomic E-state index is 0.0213. The van der Waals surface area contributed by atoms with Crippen molar-refractivity contribution in [2.24, 2.45) is 5.73 Å². The van der Waals surface area contributed by atoms with Gasteiger partial charge < -0.3 is 16.0 Å². The maximum Gasteiger partial charge on any atom is 0.267 e. The fourth-order valence-electron chi connectivity index (χ4n) is 4.31. The molecule has 1 saturated heterocycles. The predicted molar refractivity (Wildman–Crippen MR) is 138 cm³/mol. The third-order valence-electron chi connectivity index (χ3n) is 6.27. The average Bonchev–Trinajstić information content (AvgIpc) is 2.88. The second-order valence-corrected chi connectivity index (χ2v) is 8.92. The first kappa shape index (κ1) is 24.3. The molecule has 1 amide bonds. The van der Waals surface area contributed by atoms with Gasteiger partial charge in [0.1, 0.15) is 5.84 Å². The van der Waals surface area contributed by atoms with Crippen LogP contribution in [0.15, 0.2) is 65.5 Å². The molecule has 0 spiro atoms. The lowest BCUT2D eigenvalue weighted by atomic mass is 10.1. The molecule has 1 fully saturated rings. The van der Waals surface area contributed by atoms with Gasteiger partial charge in [-0.15, -0.1) is 0 Å². The number of benzene rings is 2. The number of rotatable bonds is 9. The van der Waals surface area contributed by atoms with Gasteiger partial charge in [0, 0.05) is 29.3 Å². The molecule has 35 heavy (non-hydrogen) atoms. The van der Waals surface area contributed by atoms with Crippen LogP contribution in [0.1, 0.15) is 47.2 Å². The fraction of sp³-hybridized carbons (Fsp3) is 0.333. The molecule has 4 rings (SSSR count). The number of nitrogen functional groups attached to an aromatic ring is 1. The summed E-state index contributed by atoms with van der Waals surface area (Å²) in [6, 6.07) is 17.6. The van der Waals surface area contributed by atoms with Crippen molar-refractivity contribution in [2.75, 3.05) is 26.2 Å². The molecule has 0 aliphatic carbocycles. The quantitative estimate of drug-likeness (QED) is 0.252. The normalized spacial score (nSPS) is 13.9. The van der Waals surface area contributed by atoms with Crippen molar-refractivity contribution in [1.29, 1.82) is 5.41 Å². The van der Waals surface area contributed by atoms with Gasteiger partial charge in [0.2, 0.25) is 0 Å². The van der Waals surface area contributed by atoms with E-state index in [-0.39, 0.29) is 23.8 Å². The molecule has 1 aromatic heterocycles. The lowest BCUT2D eigenvalue weighted by molar-refractivity contribution is 0.0951. The third-order valence-corrected chi connectivity index (χ3v) is 6.27. The van der Waals surface area contributed by atoms with Gasteiger partial charge >= 0.3 is 0 Å². The number of carbonyl (C=O) groups is 1. The molecule has 2 heterocycles. The van der Waals surface area contributed by atoms with Crippen molar-refractivity contribution in [1.82, 2.24) is 20.0 Å². The highest BCUT2D eigenvalue weighted by molar-refractivity contribution is 5.95. The Morgan fingerprint density at radius 3 is 2.51 bits per heavy atom. The topological polar surface area (TPSA) is 117 Å². The highest BCUT2D eigenvalue weighted by Gasteiger charge is 2.11. The molecule has 0 saturated carbocycles. The molecule has 0 atom stereocenters. The van der Waals surface area contributed by atoms with Gasteiger partial charge in [-0.25, -0.2) is 4.68 Å². The van der Waals surface area contributed by atoms with E-state index < -0.39 is 0 Å². The first-order valence-corrected chi connectivity index (χ1v) is 12.1. The van der Waals surface area contributed by atoms with Crippen LogP contribution in [-0.4, -0.2) is 52.6 Å². The van der Waals surface area contributed by atoms with Gasteiger partial charge in [0.25, 0.3) is 11.5 Å². The first-order valence-electron chi connectivity index (χ1n) is 12.1. The Morgan fingerprint density at radius 2 is 1.77 bits per heavy atom. The molecule has 182 valence electrons. The van der Waals surface area contributed by atoms with Crippen LogP contribution in [0.4, 0.5) is 0 Å². The summed E-state index contributed by atoms with van der Waals surface area (Å²) in [6.07, 6.45) is 4.83. The second-order valence-electron chi connectivity index (χ2n) is 8.92. The zero-order chi connectivity index (χ0) is 24.6. The predicted octanol–water partition coefficient (Wildman–Crippen LogP) is 2.85. The van der Waals surface area contributed by atoms with Crippen molar-refractivity contribution < 1.29 is 4.79 Å². The lowest BCUT2D eigenvalue weighted by Crippen LogP contribution is -2.33. The summed E-state index contributed by atoms with van der Waals surface area (Å²) in [4.78, 5) is 27.4. The van der Waals surface area contributed by atoms with Crippen LogP contribution in [0.5, 0.6) is 0 Å². The van der Waals surface area contributed by atoms with E-state index in [2.05, 4.69) is 15.3 Å². The zero-order valence-corrected chi connectivity index (χ0v) is 19.9. The summed E-state index contributed by atoms with van der Waals surface area (Å²) in [5.74, 6) is -0.106. The molecule has 0 radical (unpaired) electrons. The first-order chi connectivity index (χ1) is 17.0. The van der Waals surface area contributed by atoms with E-state index in [1.165, 1.54) is 43.1 Å². The smallest absolute Gasteiger partial charge is 0.267 e. The minimum atomic E-state index is -0.220. The third kappa shape index (κ3) is 6.64. The summed E-state index contributed by atoms with van der Waals surface area (Å²) < 4.78 is 1.39. The van der Waals surface area contributed by atoms with Crippen LogP contribution in [0, 0.1) is 5.41 Å². The summed E-state index contributed by atoms with van der Waals surface area (Å²) >= 11 is 0. The summed E-state index contributed by atoms with van der Waals surface area (Å²) in [7, 11) is 0. The van der Waals surface area contributed by atoms with E-state index in [9.17, 15) is 9.59 Å². The number of piperidine rings is 1. The summed E-state index contributed by atoms with van der Waals surface area (Å²) in [6.45, 7) is 4.29. The van der Waals surface area contributed by atoms with E-state index in [1.807, 2.05) is 18.2 Å². The van der Waals surface area contributed by atoms with Crippen LogP contribution in [0.2, 0.25) is 0 Å². The number of nitrogens with two attached hydrogens (primary N) is 1. The Balaban J connectivity index is 1.37. The zero-order valence-electron chi connectivity index (χ0n) is 19.9. The number of nitrogens with one attached hydrogen (secondary N) is 2. The highest BCUT2D eigenvalue weighted by atomic mass is 16.1. The molecule has 3 aromatic rings. The molecular weight excluding hydrogens is 440 g/mol. The van der Waals surface area contributed by atoms with Gasteiger partial charge in [-0.05, 0) is 68.7 Å². The van der Waals surface area contributed by atoms with E-state index in [0.717, 1.165) is 24.1 Å². The monoisotopic (exact) mass is 472 g/mol. The number of amidine groups is 1. The SMILES string of the molecule is N=C(N)c1cccc(Cn2nc(-c3ccc(C(=O)NCCCN4CCCCC4)cc3)ccc2=O)c1. The molecular formula is C27H32N6O2. The number of carbonyl (C=O) groups excluding carboxylic acids is 1. The van der Waals surface area contributed by atoms with E-state index in [4.69, 9.17) is 11.1 Å². The standard InChI is InChI=1S/C27H32N6O2/c28-26(29)23-7-4-6-20(18-23)19-33-25(34)13-12-24(31-33)21-8-10-22(11-9-21)27(35)30-14-5-17-32-15-2-1-3-16-32/h4,6-13,18H,1-3,5,14-17,19H2,(H3,28,29)(H,30,35). The van der Waals surface area contributed by atoms with Gasteiger partial charge in [-0.1, -0.05) is 36.8 Å². The number of amides is 1. The van der Waals surface area contributed by atoms with Crippen LogP contribution in [-0.2, 0) is 6.54 Å². The number of hydrogen-bond donors (Lipinski definition) is 3. The van der Waals surface area contributed by atoms with Crippen LogP contribution >= 0.6 is 0 Å². The Morgan fingerprint density at radius 1 is 1.00 bits per heavy atom. The summed E-state index contributed by atoms with van der Waals surface area (Å²) in [5, 5.41) is 15.1. The fourth-order valence-corrected chi connectivity index (χ4v) is 4.31. The summed E-state index contributed by atoms with van der Waals surface area (Å²) in [5.41, 5.74) is 8.84. The number of likely N-dealkylation sites (tertiary alicyclic amines) is 1. The molecule has 1 aliphatic heterocycles. The maximum atomic E-state index is 12.5. The Labute approximate surface area is 205 Å². The van der Waals surface area contributed by atoms with E-state index >= 15 is 0 Å².